The number of benzene rings is 2. The van der Waals surface area contributed by atoms with Crippen molar-refractivity contribution in [1.82, 2.24) is 4.90 Å². The summed E-state index contributed by atoms with van der Waals surface area (Å²) < 4.78 is 11.1. The van der Waals surface area contributed by atoms with Crippen LogP contribution in [0.25, 0.3) is 6.08 Å². The molecule has 1 amide bonds. The topological polar surface area (TPSA) is 106 Å². The normalized spacial score (nSPS) is 16.0. The van der Waals surface area contributed by atoms with E-state index in [-0.39, 0.29) is 5.91 Å². The van der Waals surface area contributed by atoms with Crippen molar-refractivity contribution >= 4 is 62.5 Å². The fraction of sp³-hybridized carbons (Fsp3) is 0.182. The number of carboxylic acid groups (broad SMARTS) is 1. The summed E-state index contributed by atoms with van der Waals surface area (Å²) in [6.07, 6.45) is 1.64. The van der Waals surface area contributed by atoms with E-state index in [0.717, 1.165) is 4.47 Å². The molecule has 32 heavy (non-hydrogen) atoms. The number of hydrogen-bond acceptors (Lipinski definition) is 7. The zero-order chi connectivity index (χ0) is 23.3. The summed E-state index contributed by atoms with van der Waals surface area (Å²) in [5.41, 5.74) is 1.56. The molecule has 2 aromatic rings. The Labute approximate surface area is 197 Å². The SMILES string of the molecule is CCOC(=O)c1ccc(N=C2S/C(=C\c3cc(Br)ccc3OCC(=O)O)C(=O)N2C)cc1. The molecule has 1 aliphatic heterocycles. The maximum absolute atomic E-state index is 12.7. The molecular formula is C22H19BrN2O6S. The van der Waals surface area contributed by atoms with Crippen LogP contribution >= 0.6 is 27.7 Å². The van der Waals surface area contributed by atoms with Crippen molar-refractivity contribution in [3.63, 3.8) is 0 Å². The van der Waals surface area contributed by atoms with E-state index in [9.17, 15) is 14.4 Å². The third-order valence-corrected chi connectivity index (χ3v) is 5.77. The molecule has 0 aromatic heterocycles. The van der Waals surface area contributed by atoms with Crippen molar-refractivity contribution in [2.24, 2.45) is 4.99 Å². The molecule has 1 saturated heterocycles. The number of carbonyl (C=O) groups excluding carboxylic acids is 2. The van der Waals surface area contributed by atoms with Crippen molar-refractivity contribution in [2.45, 2.75) is 6.92 Å². The molecule has 0 spiro atoms. The third kappa shape index (κ3) is 5.77. The lowest BCUT2D eigenvalue weighted by atomic mass is 10.2. The highest BCUT2D eigenvalue weighted by Gasteiger charge is 2.30. The Kier molecular flexibility index (Phi) is 7.70. The van der Waals surface area contributed by atoms with Gasteiger partial charge >= 0.3 is 11.9 Å². The average molecular weight is 519 g/mol. The quantitative estimate of drug-likeness (QED) is 0.429. The fourth-order valence-corrected chi connectivity index (χ4v) is 4.05. The van der Waals surface area contributed by atoms with E-state index < -0.39 is 18.5 Å². The first-order chi connectivity index (χ1) is 15.3. The Hall–Kier alpha value is -3.11. The van der Waals surface area contributed by atoms with E-state index in [1.807, 2.05) is 0 Å². The molecule has 10 heteroatoms. The lowest BCUT2D eigenvalue weighted by Gasteiger charge is -2.08. The highest BCUT2D eigenvalue weighted by Crippen LogP contribution is 2.35. The number of esters is 1. The maximum Gasteiger partial charge on any atom is 0.341 e. The summed E-state index contributed by atoms with van der Waals surface area (Å²) in [6, 6.07) is 11.7. The minimum Gasteiger partial charge on any atom is -0.481 e. The van der Waals surface area contributed by atoms with Gasteiger partial charge in [0.25, 0.3) is 5.91 Å². The Morgan fingerprint density at radius 2 is 1.94 bits per heavy atom. The maximum atomic E-state index is 12.7. The van der Waals surface area contributed by atoms with Gasteiger partial charge in [-0.25, -0.2) is 14.6 Å². The number of carbonyl (C=O) groups is 3. The van der Waals surface area contributed by atoms with Gasteiger partial charge < -0.3 is 14.6 Å². The number of carboxylic acids is 1. The van der Waals surface area contributed by atoms with Crippen LogP contribution in [0.3, 0.4) is 0 Å². The number of aliphatic carboxylic acids is 1. The second kappa shape index (κ2) is 10.5. The van der Waals surface area contributed by atoms with Crippen LogP contribution in [0, 0.1) is 0 Å². The second-order valence-corrected chi connectivity index (χ2v) is 8.43. The number of hydrogen-bond donors (Lipinski definition) is 1. The highest BCUT2D eigenvalue weighted by molar-refractivity contribution is 9.10. The summed E-state index contributed by atoms with van der Waals surface area (Å²) in [4.78, 5) is 41.7. The van der Waals surface area contributed by atoms with Gasteiger partial charge in [0.05, 0.1) is 22.8 Å². The Morgan fingerprint density at radius 3 is 2.59 bits per heavy atom. The largest absolute Gasteiger partial charge is 0.481 e. The van der Waals surface area contributed by atoms with Crippen molar-refractivity contribution < 1.29 is 29.0 Å². The molecule has 0 bridgehead atoms. The van der Waals surface area contributed by atoms with E-state index in [4.69, 9.17) is 14.6 Å². The van der Waals surface area contributed by atoms with Gasteiger partial charge in [-0.15, -0.1) is 0 Å². The number of likely N-dealkylation sites (N-methyl/N-ethyl adjacent to an activating group) is 1. The molecule has 3 rings (SSSR count). The Morgan fingerprint density at radius 1 is 1.22 bits per heavy atom. The van der Waals surface area contributed by atoms with Gasteiger partial charge in [-0.05, 0) is 67.2 Å². The number of amidine groups is 1. The van der Waals surface area contributed by atoms with Crippen LogP contribution in [0.1, 0.15) is 22.8 Å². The Balaban J connectivity index is 1.84. The summed E-state index contributed by atoms with van der Waals surface area (Å²) in [5, 5.41) is 9.34. The molecule has 1 fully saturated rings. The molecule has 0 aliphatic carbocycles. The number of rotatable bonds is 7. The van der Waals surface area contributed by atoms with E-state index in [1.54, 1.807) is 62.5 Å². The van der Waals surface area contributed by atoms with Gasteiger partial charge in [0.1, 0.15) is 5.75 Å². The van der Waals surface area contributed by atoms with Gasteiger partial charge in [-0.2, -0.15) is 0 Å². The van der Waals surface area contributed by atoms with Gasteiger partial charge in [0, 0.05) is 17.1 Å². The number of nitrogens with zero attached hydrogens (tertiary/aromatic N) is 2. The zero-order valence-corrected chi connectivity index (χ0v) is 19.6. The number of aliphatic imine (C=N–C) groups is 1. The van der Waals surface area contributed by atoms with Crippen LogP contribution in [0.4, 0.5) is 5.69 Å². The first kappa shape index (κ1) is 23.6. The second-order valence-electron chi connectivity index (χ2n) is 6.50. The van der Waals surface area contributed by atoms with Crippen LogP contribution in [0.5, 0.6) is 5.75 Å². The molecular weight excluding hydrogens is 500 g/mol. The Bertz CT molecular complexity index is 1110. The number of halogens is 1. The molecule has 0 atom stereocenters. The monoisotopic (exact) mass is 518 g/mol. The molecule has 0 unspecified atom stereocenters. The lowest BCUT2D eigenvalue weighted by Crippen LogP contribution is -2.23. The van der Waals surface area contributed by atoms with E-state index in [1.165, 1.54) is 16.7 Å². The van der Waals surface area contributed by atoms with Gasteiger partial charge in [0.15, 0.2) is 11.8 Å². The van der Waals surface area contributed by atoms with Crippen LogP contribution in [0.15, 0.2) is 56.8 Å². The van der Waals surface area contributed by atoms with Gasteiger partial charge in [-0.3, -0.25) is 9.69 Å². The van der Waals surface area contributed by atoms with E-state index >= 15 is 0 Å². The highest BCUT2D eigenvalue weighted by atomic mass is 79.9. The van der Waals surface area contributed by atoms with Crippen molar-refractivity contribution in [3.05, 3.63) is 63.0 Å². The van der Waals surface area contributed by atoms with Crippen LogP contribution in [-0.2, 0) is 14.3 Å². The molecule has 0 radical (unpaired) electrons. The minimum absolute atomic E-state index is 0.249. The summed E-state index contributed by atoms with van der Waals surface area (Å²) in [7, 11) is 1.62. The van der Waals surface area contributed by atoms with Gasteiger partial charge in [0.2, 0.25) is 0 Å². The van der Waals surface area contributed by atoms with E-state index in [2.05, 4.69) is 20.9 Å². The van der Waals surface area contributed by atoms with Crippen molar-refractivity contribution in [1.29, 1.82) is 0 Å². The van der Waals surface area contributed by atoms with Crippen LogP contribution in [0.2, 0.25) is 0 Å². The standard InChI is InChI=1S/C22H19BrN2O6S/c1-3-30-21(29)13-4-7-16(8-5-13)24-22-25(2)20(28)18(32-22)11-14-10-15(23)6-9-17(14)31-12-19(26)27/h4-11H,3,12H2,1-2H3,(H,26,27)/b18-11-,24-22?. The minimum atomic E-state index is -1.10. The van der Waals surface area contributed by atoms with Gasteiger partial charge in [-0.1, -0.05) is 15.9 Å². The average Bonchev–Trinajstić information content (AvgIpc) is 3.01. The molecule has 166 valence electrons. The predicted molar refractivity (Wildman–Crippen MR) is 125 cm³/mol. The van der Waals surface area contributed by atoms with Crippen molar-refractivity contribution in [2.75, 3.05) is 20.3 Å². The summed E-state index contributed by atoms with van der Waals surface area (Å²) in [6.45, 7) is 1.54. The summed E-state index contributed by atoms with van der Waals surface area (Å²) >= 11 is 4.56. The lowest BCUT2D eigenvalue weighted by molar-refractivity contribution is -0.139. The predicted octanol–water partition coefficient (Wildman–Crippen LogP) is 4.32. The third-order valence-electron chi connectivity index (χ3n) is 4.22. The molecule has 1 N–H and O–H groups in total. The van der Waals surface area contributed by atoms with E-state index in [0.29, 0.717) is 39.2 Å². The molecule has 2 aromatic carbocycles. The molecule has 1 aliphatic rings. The first-order valence-electron chi connectivity index (χ1n) is 9.46. The van der Waals surface area contributed by atoms with Crippen LogP contribution < -0.4 is 4.74 Å². The number of thioether (sulfide) groups is 1. The molecule has 0 saturated carbocycles. The smallest absolute Gasteiger partial charge is 0.341 e. The number of amides is 1. The number of ether oxygens (including phenoxy) is 2. The zero-order valence-electron chi connectivity index (χ0n) is 17.2. The van der Waals surface area contributed by atoms with Crippen LogP contribution in [-0.4, -0.2) is 53.3 Å². The first-order valence-corrected chi connectivity index (χ1v) is 11.1. The summed E-state index contributed by atoms with van der Waals surface area (Å²) in [5.74, 6) is -1.41. The molecule has 1 heterocycles. The molecule has 8 nitrogen and oxygen atoms in total. The van der Waals surface area contributed by atoms with Crippen molar-refractivity contribution in [3.8, 4) is 5.75 Å². The fourth-order valence-electron chi connectivity index (χ4n) is 2.69.